The third-order valence-electron chi connectivity index (χ3n) is 2.62. The van der Waals surface area contributed by atoms with Crippen LogP contribution in [0.3, 0.4) is 0 Å². The van der Waals surface area contributed by atoms with E-state index in [2.05, 4.69) is 5.10 Å². The minimum Gasteiger partial charge on any atom is -0.497 e. The standard InChI is InChI=1S/C14H15ClN2O2/c1-19-13-6-3-11(4-7-13)2-5-12-10-14(15)17(16-12)8-9-18/h2-7,10,18H,8-9H2,1H3/b5-2+. The molecule has 0 unspecified atom stereocenters. The number of hydrogen-bond donors (Lipinski definition) is 1. The first-order chi connectivity index (χ1) is 9.22. The van der Waals surface area contributed by atoms with Crippen molar-refractivity contribution in [2.24, 2.45) is 0 Å². The lowest BCUT2D eigenvalue weighted by Crippen LogP contribution is -2.03. The lowest BCUT2D eigenvalue weighted by Gasteiger charge is -1.98. The number of benzene rings is 1. The smallest absolute Gasteiger partial charge is 0.127 e. The Bertz CT molecular complexity index is 561. The summed E-state index contributed by atoms with van der Waals surface area (Å²) in [6, 6.07) is 9.48. The van der Waals surface area contributed by atoms with Gasteiger partial charge in [0.05, 0.1) is 26.0 Å². The summed E-state index contributed by atoms with van der Waals surface area (Å²) in [5, 5.41) is 13.6. The van der Waals surface area contributed by atoms with Crippen molar-refractivity contribution in [2.45, 2.75) is 6.54 Å². The van der Waals surface area contributed by atoms with Crippen molar-refractivity contribution in [1.29, 1.82) is 0 Å². The Labute approximate surface area is 116 Å². The largest absolute Gasteiger partial charge is 0.497 e. The maximum atomic E-state index is 8.86. The van der Waals surface area contributed by atoms with E-state index in [9.17, 15) is 0 Å². The van der Waals surface area contributed by atoms with Gasteiger partial charge in [0.15, 0.2) is 0 Å². The van der Waals surface area contributed by atoms with E-state index < -0.39 is 0 Å². The van der Waals surface area contributed by atoms with Gasteiger partial charge >= 0.3 is 0 Å². The number of ether oxygens (including phenoxy) is 1. The summed E-state index contributed by atoms with van der Waals surface area (Å²) in [6.45, 7) is 0.415. The second kappa shape index (κ2) is 6.41. The molecule has 0 saturated carbocycles. The van der Waals surface area contributed by atoms with Gasteiger partial charge in [0.2, 0.25) is 0 Å². The predicted molar refractivity (Wildman–Crippen MR) is 76.2 cm³/mol. The topological polar surface area (TPSA) is 47.3 Å². The zero-order chi connectivity index (χ0) is 13.7. The third-order valence-corrected chi connectivity index (χ3v) is 2.93. The molecule has 4 nitrogen and oxygen atoms in total. The van der Waals surface area contributed by atoms with E-state index in [4.69, 9.17) is 21.4 Å². The van der Waals surface area contributed by atoms with Crippen LogP contribution in [0, 0.1) is 0 Å². The number of aliphatic hydroxyl groups excluding tert-OH is 1. The molecule has 1 N–H and O–H groups in total. The van der Waals surface area contributed by atoms with Crippen molar-refractivity contribution in [1.82, 2.24) is 9.78 Å². The normalized spacial score (nSPS) is 11.1. The number of methoxy groups -OCH3 is 1. The Hall–Kier alpha value is -1.78. The van der Waals surface area contributed by atoms with E-state index in [-0.39, 0.29) is 6.61 Å². The second-order valence-corrected chi connectivity index (χ2v) is 4.33. The summed E-state index contributed by atoms with van der Waals surface area (Å²) in [5.74, 6) is 0.826. The summed E-state index contributed by atoms with van der Waals surface area (Å²) in [6.07, 6.45) is 3.82. The number of aliphatic hydroxyl groups is 1. The van der Waals surface area contributed by atoms with Gasteiger partial charge in [-0.2, -0.15) is 5.10 Å². The van der Waals surface area contributed by atoms with E-state index >= 15 is 0 Å². The molecule has 100 valence electrons. The predicted octanol–water partition coefficient (Wildman–Crippen LogP) is 2.71. The molecule has 19 heavy (non-hydrogen) atoms. The van der Waals surface area contributed by atoms with E-state index in [1.165, 1.54) is 0 Å². The summed E-state index contributed by atoms with van der Waals surface area (Å²) in [5.41, 5.74) is 1.81. The van der Waals surface area contributed by atoms with Crippen molar-refractivity contribution < 1.29 is 9.84 Å². The van der Waals surface area contributed by atoms with Gasteiger partial charge in [-0.15, -0.1) is 0 Å². The highest BCUT2D eigenvalue weighted by atomic mass is 35.5. The first-order valence-electron chi connectivity index (χ1n) is 5.89. The highest BCUT2D eigenvalue weighted by molar-refractivity contribution is 6.29. The molecule has 0 bridgehead atoms. The van der Waals surface area contributed by atoms with Gasteiger partial charge in [0.1, 0.15) is 10.9 Å². The first kappa shape index (κ1) is 13.6. The maximum Gasteiger partial charge on any atom is 0.127 e. The van der Waals surface area contributed by atoms with Crippen molar-refractivity contribution in [2.75, 3.05) is 13.7 Å². The number of hydrogen-bond acceptors (Lipinski definition) is 3. The quantitative estimate of drug-likeness (QED) is 0.915. The lowest BCUT2D eigenvalue weighted by atomic mass is 10.2. The highest BCUT2D eigenvalue weighted by Gasteiger charge is 2.02. The molecular weight excluding hydrogens is 264 g/mol. The molecule has 0 radical (unpaired) electrons. The third kappa shape index (κ3) is 3.59. The number of rotatable bonds is 5. The van der Waals surface area contributed by atoms with Crippen LogP contribution < -0.4 is 4.74 Å². The van der Waals surface area contributed by atoms with E-state index in [0.29, 0.717) is 11.7 Å². The van der Waals surface area contributed by atoms with Gasteiger partial charge in [-0.25, -0.2) is 0 Å². The van der Waals surface area contributed by atoms with Crippen LogP contribution in [0.1, 0.15) is 11.3 Å². The summed E-state index contributed by atoms with van der Waals surface area (Å²) in [4.78, 5) is 0. The molecule has 0 spiro atoms. The Morgan fingerprint density at radius 1 is 1.32 bits per heavy atom. The van der Waals surface area contributed by atoms with Gasteiger partial charge in [-0.1, -0.05) is 29.8 Å². The number of halogens is 1. The molecule has 0 fully saturated rings. The van der Waals surface area contributed by atoms with Gasteiger partial charge < -0.3 is 9.84 Å². The molecule has 1 aromatic heterocycles. The van der Waals surface area contributed by atoms with Crippen LogP contribution in [-0.2, 0) is 6.54 Å². The summed E-state index contributed by atoms with van der Waals surface area (Å²) in [7, 11) is 1.64. The Balaban J connectivity index is 2.10. The molecule has 1 aromatic carbocycles. The van der Waals surface area contributed by atoms with Crippen LogP contribution >= 0.6 is 11.6 Å². The van der Waals surface area contributed by atoms with Crippen LogP contribution in [0.25, 0.3) is 12.2 Å². The van der Waals surface area contributed by atoms with Gasteiger partial charge in [-0.3, -0.25) is 4.68 Å². The molecule has 0 aliphatic heterocycles. The molecule has 2 aromatic rings. The Kier molecular flexibility index (Phi) is 4.60. The van der Waals surface area contributed by atoms with Gasteiger partial charge in [-0.05, 0) is 23.8 Å². The number of aromatic nitrogens is 2. The van der Waals surface area contributed by atoms with E-state index in [1.807, 2.05) is 36.4 Å². The average Bonchev–Trinajstić information content (AvgIpc) is 2.78. The fraction of sp³-hybridized carbons (Fsp3) is 0.214. The first-order valence-corrected chi connectivity index (χ1v) is 6.27. The van der Waals surface area contributed by atoms with Gasteiger partial charge in [0.25, 0.3) is 0 Å². The van der Waals surface area contributed by atoms with Crippen LogP contribution in [-0.4, -0.2) is 28.6 Å². The van der Waals surface area contributed by atoms with Crippen LogP contribution in [0.15, 0.2) is 30.3 Å². The van der Waals surface area contributed by atoms with Crippen LogP contribution in [0.2, 0.25) is 5.15 Å². The molecule has 0 aliphatic rings. The SMILES string of the molecule is COc1ccc(/C=C/c2cc(Cl)n(CCO)n2)cc1. The van der Waals surface area contributed by atoms with Crippen molar-refractivity contribution in [3.63, 3.8) is 0 Å². The fourth-order valence-corrected chi connectivity index (χ4v) is 1.88. The zero-order valence-corrected chi connectivity index (χ0v) is 11.3. The second-order valence-electron chi connectivity index (χ2n) is 3.95. The number of nitrogens with zero attached hydrogens (tertiary/aromatic N) is 2. The summed E-state index contributed by atoms with van der Waals surface area (Å²) >= 11 is 5.98. The monoisotopic (exact) mass is 278 g/mol. The zero-order valence-electron chi connectivity index (χ0n) is 10.6. The minimum atomic E-state index is 0.0169. The summed E-state index contributed by atoms with van der Waals surface area (Å²) < 4.78 is 6.66. The van der Waals surface area contributed by atoms with Crippen molar-refractivity contribution >= 4 is 23.8 Å². The maximum absolute atomic E-state index is 8.86. The lowest BCUT2D eigenvalue weighted by molar-refractivity contribution is 0.269. The minimum absolute atomic E-state index is 0.0169. The Morgan fingerprint density at radius 3 is 2.68 bits per heavy atom. The molecule has 2 rings (SSSR count). The van der Waals surface area contributed by atoms with E-state index in [1.54, 1.807) is 17.9 Å². The van der Waals surface area contributed by atoms with Gasteiger partial charge in [0, 0.05) is 6.07 Å². The van der Waals surface area contributed by atoms with Crippen molar-refractivity contribution in [3.8, 4) is 5.75 Å². The molecule has 0 amide bonds. The molecule has 0 aliphatic carbocycles. The van der Waals surface area contributed by atoms with Crippen LogP contribution in [0.4, 0.5) is 0 Å². The van der Waals surface area contributed by atoms with Crippen molar-refractivity contribution in [3.05, 3.63) is 46.7 Å². The molecule has 5 heteroatoms. The highest BCUT2D eigenvalue weighted by Crippen LogP contribution is 2.15. The molecule has 1 heterocycles. The van der Waals surface area contributed by atoms with Crippen LogP contribution in [0.5, 0.6) is 5.75 Å². The average molecular weight is 279 g/mol. The molecular formula is C14H15ClN2O2. The Morgan fingerprint density at radius 2 is 2.05 bits per heavy atom. The fourth-order valence-electron chi connectivity index (χ4n) is 1.64. The van der Waals surface area contributed by atoms with E-state index in [0.717, 1.165) is 17.0 Å². The molecule has 0 saturated heterocycles. The molecule has 0 atom stereocenters.